The van der Waals surface area contributed by atoms with Gasteiger partial charge in [0.2, 0.25) is 0 Å². The molecule has 0 aliphatic rings. The predicted octanol–water partition coefficient (Wildman–Crippen LogP) is 4.17. The van der Waals surface area contributed by atoms with Gasteiger partial charge in [-0.3, -0.25) is 9.88 Å². The van der Waals surface area contributed by atoms with E-state index in [0.717, 1.165) is 17.1 Å². The zero-order valence-corrected chi connectivity index (χ0v) is 12.8. The van der Waals surface area contributed by atoms with Crippen LogP contribution in [0.4, 0.5) is 10.5 Å². The quantitative estimate of drug-likeness (QED) is 0.786. The minimum Gasteiger partial charge on any atom is -0.450 e. The molecule has 22 heavy (non-hydrogen) atoms. The van der Waals surface area contributed by atoms with Gasteiger partial charge in [-0.05, 0) is 36.6 Å². The summed E-state index contributed by atoms with van der Waals surface area (Å²) in [7, 11) is 0. The number of amides is 1. The molecule has 1 aromatic carbocycles. The second kappa shape index (κ2) is 6.44. The number of rotatable bonds is 4. The maximum Gasteiger partial charge on any atom is 0.411 e. The van der Waals surface area contributed by atoms with E-state index in [-0.39, 0.29) is 0 Å². The number of hydrogen-bond acceptors (Lipinski definition) is 4. The Morgan fingerprint density at radius 3 is 3.09 bits per heavy atom. The van der Waals surface area contributed by atoms with Gasteiger partial charge in [-0.2, -0.15) is 11.3 Å². The summed E-state index contributed by atoms with van der Waals surface area (Å²) < 4.78 is 6.88. The van der Waals surface area contributed by atoms with Gasteiger partial charge in [0.1, 0.15) is 5.82 Å². The molecule has 0 atom stereocenters. The van der Waals surface area contributed by atoms with Crippen LogP contribution in [0.2, 0.25) is 0 Å². The first kappa shape index (κ1) is 14.3. The molecule has 5 nitrogen and oxygen atoms in total. The van der Waals surface area contributed by atoms with Crippen LogP contribution < -0.4 is 5.32 Å². The molecule has 0 fully saturated rings. The van der Waals surface area contributed by atoms with E-state index < -0.39 is 6.09 Å². The van der Waals surface area contributed by atoms with Gasteiger partial charge in [-0.15, -0.1) is 0 Å². The molecule has 3 aromatic rings. The third-order valence-corrected chi connectivity index (χ3v) is 3.75. The lowest BCUT2D eigenvalue weighted by Gasteiger charge is -2.10. The molecule has 1 amide bonds. The Morgan fingerprint density at radius 2 is 2.32 bits per heavy atom. The van der Waals surface area contributed by atoms with Crippen LogP contribution in [0.1, 0.15) is 6.92 Å². The average molecular weight is 313 g/mol. The molecule has 0 bridgehead atoms. The van der Waals surface area contributed by atoms with Crippen molar-refractivity contribution in [3.8, 4) is 17.1 Å². The summed E-state index contributed by atoms with van der Waals surface area (Å²) in [6.07, 6.45) is 3.21. The number of aromatic nitrogens is 2. The molecule has 0 saturated heterocycles. The van der Waals surface area contributed by atoms with E-state index in [1.165, 1.54) is 0 Å². The Balaban J connectivity index is 1.90. The normalized spacial score (nSPS) is 10.4. The summed E-state index contributed by atoms with van der Waals surface area (Å²) in [4.78, 5) is 15.9. The molecule has 1 N–H and O–H groups in total. The van der Waals surface area contributed by atoms with Crippen molar-refractivity contribution in [1.29, 1.82) is 0 Å². The summed E-state index contributed by atoms with van der Waals surface area (Å²) in [5, 5.41) is 6.78. The van der Waals surface area contributed by atoms with Crippen LogP contribution in [-0.4, -0.2) is 22.3 Å². The van der Waals surface area contributed by atoms with E-state index in [9.17, 15) is 4.79 Å². The highest BCUT2D eigenvalue weighted by Gasteiger charge is 2.09. The topological polar surface area (TPSA) is 56.1 Å². The van der Waals surface area contributed by atoms with Crippen molar-refractivity contribution in [2.75, 3.05) is 11.9 Å². The number of ether oxygens (including phenoxy) is 1. The SMILES string of the molecule is CCOC(=O)Nc1cccc(-n2ccnc2-c2ccsc2)c1. The molecule has 0 aliphatic carbocycles. The van der Waals surface area contributed by atoms with Gasteiger partial charge in [0, 0.05) is 34.7 Å². The van der Waals surface area contributed by atoms with Gasteiger partial charge < -0.3 is 4.74 Å². The fourth-order valence-corrected chi connectivity index (χ4v) is 2.77. The minimum atomic E-state index is -0.455. The van der Waals surface area contributed by atoms with Crippen molar-refractivity contribution in [3.05, 3.63) is 53.5 Å². The van der Waals surface area contributed by atoms with Gasteiger partial charge in [0.25, 0.3) is 0 Å². The highest BCUT2D eigenvalue weighted by atomic mass is 32.1. The number of imidazole rings is 1. The Morgan fingerprint density at radius 1 is 1.41 bits per heavy atom. The second-order valence-corrected chi connectivity index (χ2v) is 5.31. The summed E-state index contributed by atoms with van der Waals surface area (Å²) in [6, 6.07) is 9.59. The molecule has 0 radical (unpaired) electrons. The monoisotopic (exact) mass is 313 g/mol. The van der Waals surface area contributed by atoms with Gasteiger partial charge >= 0.3 is 6.09 Å². The molecule has 0 unspecified atom stereocenters. The van der Waals surface area contributed by atoms with Gasteiger partial charge in [0.15, 0.2) is 0 Å². The standard InChI is InChI=1S/C16H15N3O2S/c1-2-21-16(20)18-13-4-3-5-14(10-13)19-8-7-17-15(19)12-6-9-22-11-12/h3-11H,2H2,1H3,(H,18,20). The number of thiophene rings is 1. The first-order chi connectivity index (χ1) is 10.8. The first-order valence-corrected chi connectivity index (χ1v) is 7.82. The Kier molecular flexibility index (Phi) is 4.20. The molecular formula is C16H15N3O2S. The Bertz CT molecular complexity index is 765. The zero-order chi connectivity index (χ0) is 15.4. The van der Waals surface area contributed by atoms with Crippen LogP contribution >= 0.6 is 11.3 Å². The fraction of sp³-hybridized carbons (Fsp3) is 0.125. The van der Waals surface area contributed by atoms with Crippen LogP contribution in [0, 0.1) is 0 Å². The Labute approximate surface area is 132 Å². The van der Waals surface area contributed by atoms with Gasteiger partial charge in [-0.25, -0.2) is 9.78 Å². The Hall–Kier alpha value is -2.60. The van der Waals surface area contributed by atoms with Crippen molar-refractivity contribution >= 4 is 23.1 Å². The van der Waals surface area contributed by atoms with E-state index in [4.69, 9.17) is 4.74 Å². The van der Waals surface area contributed by atoms with Crippen molar-refractivity contribution in [2.24, 2.45) is 0 Å². The van der Waals surface area contributed by atoms with E-state index >= 15 is 0 Å². The fourth-order valence-electron chi connectivity index (χ4n) is 2.14. The van der Waals surface area contributed by atoms with Crippen LogP contribution in [0.3, 0.4) is 0 Å². The molecule has 2 aromatic heterocycles. The summed E-state index contributed by atoms with van der Waals surface area (Å²) in [5.41, 5.74) is 2.67. The van der Waals surface area contributed by atoms with E-state index in [1.807, 2.05) is 46.5 Å². The van der Waals surface area contributed by atoms with Crippen LogP contribution in [-0.2, 0) is 4.74 Å². The molecular weight excluding hydrogens is 298 g/mol. The maximum absolute atomic E-state index is 11.5. The zero-order valence-electron chi connectivity index (χ0n) is 12.0. The van der Waals surface area contributed by atoms with Crippen molar-refractivity contribution < 1.29 is 9.53 Å². The molecule has 0 saturated carbocycles. The first-order valence-electron chi connectivity index (χ1n) is 6.88. The second-order valence-electron chi connectivity index (χ2n) is 4.53. The number of nitrogens with one attached hydrogen (secondary N) is 1. The number of anilines is 1. The average Bonchev–Trinajstić information content (AvgIpc) is 3.19. The van der Waals surface area contributed by atoms with Crippen molar-refractivity contribution in [3.63, 3.8) is 0 Å². The van der Waals surface area contributed by atoms with Gasteiger partial charge in [-0.1, -0.05) is 6.07 Å². The maximum atomic E-state index is 11.5. The highest BCUT2D eigenvalue weighted by Crippen LogP contribution is 2.24. The van der Waals surface area contributed by atoms with Crippen LogP contribution in [0.25, 0.3) is 17.1 Å². The molecule has 112 valence electrons. The smallest absolute Gasteiger partial charge is 0.411 e. The number of nitrogens with zero attached hydrogens (tertiary/aromatic N) is 2. The third kappa shape index (κ3) is 3.01. The lowest BCUT2D eigenvalue weighted by Crippen LogP contribution is -2.13. The van der Waals surface area contributed by atoms with E-state index in [1.54, 1.807) is 24.5 Å². The minimum absolute atomic E-state index is 0.343. The lowest BCUT2D eigenvalue weighted by molar-refractivity contribution is 0.168. The highest BCUT2D eigenvalue weighted by molar-refractivity contribution is 7.08. The van der Waals surface area contributed by atoms with E-state index in [0.29, 0.717) is 12.3 Å². The number of benzene rings is 1. The van der Waals surface area contributed by atoms with Crippen molar-refractivity contribution in [2.45, 2.75) is 6.92 Å². The lowest BCUT2D eigenvalue weighted by atomic mass is 10.2. The van der Waals surface area contributed by atoms with Crippen LogP contribution in [0.15, 0.2) is 53.5 Å². The van der Waals surface area contributed by atoms with Crippen LogP contribution in [0.5, 0.6) is 0 Å². The molecule has 0 aliphatic heterocycles. The van der Waals surface area contributed by atoms with Crippen molar-refractivity contribution in [1.82, 2.24) is 9.55 Å². The molecule has 0 spiro atoms. The number of hydrogen-bond donors (Lipinski definition) is 1. The number of carbonyl (C=O) groups is 1. The van der Waals surface area contributed by atoms with Gasteiger partial charge in [0.05, 0.1) is 6.61 Å². The molecule has 6 heteroatoms. The summed E-state index contributed by atoms with van der Waals surface area (Å²) in [5.74, 6) is 0.870. The largest absolute Gasteiger partial charge is 0.450 e. The predicted molar refractivity (Wildman–Crippen MR) is 87.5 cm³/mol. The molecule has 3 rings (SSSR count). The third-order valence-electron chi connectivity index (χ3n) is 3.07. The van der Waals surface area contributed by atoms with E-state index in [2.05, 4.69) is 15.7 Å². The number of carbonyl (C=O) groups excluding carboxylic acids is 1. The summed E-state index contributed by atoms with van der Waals surface area (Å²) in [6.45, 7) is 2.12. The summed E-state index contributed by atoms with van der Waals surface area (Å²) >= 11 is 1.63. The molecule has 2 heterocycles.